The lowest BCUT2D eigenvalue weighted by Crippen LogP contribution is -2.38. The Morgan fingerprint density at radius 3 is 2.33 bits per heavy atom. The maximum atomic E-state index is 12.3. The van der Waals surface area contributed by atoms with Crippen LogP contribution in [0.2, 0.25) is 0 Å². The molecule has 0 saturated heterocycles. The minimum absolute atomic E-state index is 0.503. The third-order valence-corrected chi connectivity index (χ3v) is 6.63. The van der Waals surface area contributed by atoms with Gasteiger partial charge in [0.2, 0.25) is 0 Å². The van der Waals surface area contributed by atoms with Gasteiger partial charge in [0, 0.05) is 16.7 Å². The zero-order valence-electron chi connectivity index (χ0n) is 14.6. The van der Waals surface area contributed by atoms with Crippen molar-refractivity contribution < 1.29 is 19.4 Å². The molecule has 0 spiro atoms. The van der Waals surface area contributed by atoms with Gasteiger partial charge in [-0.05, 0) is 50.0 Å². The van der Waals surface area contributed by atoms with Crippen LogP contribution in [0.4, 0.5) is 0 Å². The van der Waals surface area contributed by atoms with Crippen LogP contribution in [0.3, 0.4) is 0 Å². The molecule has 0 radical (unpaired) electrons. The fraction of sp³-hybridized carbons (Fsp3) is 0.650. The Bertz CT molecular complexity index is 673. The average Bonchev–Trinajstić information content (AvgIpc) is 3.23. The van der Waals surface area contributed by atoms with Crippen molar-refractivity contribution in [1.82, 2.24) is 0 Å². The van der Waals surface area contributed by atoms with Crippen molar-refractivity contribution in [3.63, 3.8) is 0 Å². The maximum absolute atomic E-state index is 12.3. The predicted molar refractivity (Wildman–Crippen MR) is 91.3 cm³/mol. The summed E-state index contributed by atoms with van der Waals surface area (Å²) in [6.45, 7) is 0. The Morgan fingerprint density at radius 1 is 1.08 bits per heavy atom. The summed E-state index contributed by atoms with van der Waals surface area (Å²) in [4.78, 5) is 12.3. The monoisotopic (exact) mass is 330 g/mol. The fourth-order valence-electron chi connectivity index (χ4n) is 5.50. The second-order valence-electron chi connectivity index (χ2n) is 7.64. The van der Waals surface area contributed by atoms with Gasteiger partial charge in [0.15, 0.2) is 0 Å². The maximum Gasteiger partial charge on any atom is 0.314 e. The number of aliphatic carboxylic acids is 1. The molecule has 3 aliphatic carbocycles. The van der Waals surface area contributed by atoms with Crippen LogP contribution in [0.5, 0.6) is 11.5 Å². The van der Waals surface area contributed by atoms with Crippen LogP contribution >= 0.6 is 0 Å². The third kappa shape index (κ3) is 2.01. The molecule has 2 saturated carbocycles. The molecule has 0 amide bonds. The number of benzene rings is 1. The first-order valence-corrected chi connectivity index (χ1v) is 9.15. The van der Waals surface area contributed by atoms with Crippen molar-refractivity contribution in [1.29, 1.82) is 0 Å². The van der Waals surface area contributed by atoms with Crippen molar-refractivity contribution in [3.05, 3.63) is 22.8 Å². The highest BCUT2D eigenvalue weighted by atomic mass is 16.5. The molecular formula is C20H26O4. The minimum Gasteiger partial charge on any atom is -0.496 e. The lowest BCUT2D eigenvalue weighted by molar-refractivity contribution is -0.145. The smallest absolute Gasteiger partial charge is 0.314 e. The highest BCUT2D eigenvalue weighted by Gasteiger charge is 2.48. The summed E-state index contributed by atoms with van der Waals surface area (Å²) in [6, 6.07) is 1.98. The molecule has 2 atom stereocenters. The molecule has 2 unspecified atom stereocenters. The molecule has 0 aromatic heterocycles. The highest BCUT2D eigenvalue weighted by Crippen LogP contribution is 2.61. The number of methoxy groups -OCH3 is 2. The van der Waals surface area contributed by atoms with E-state index >= 15 is 0 Å². The minimum atomic E-state index is -0.826. The van der Waals surface area contributed by atoms with Crippen LogP contribution < -0.4 is 9.47 Å². The van der Waals surface area contributed by atoms with E-state index in [-0.39, 0.29) is 0 Å². The topological polar surface area (TPSA) is 55.8 Å². The molecule has 0 aliphatic heterocycles. The second-order valence-corrected chi connectivity index (χ2v) is 7.64. The second kappa shape index (κ2) is 5.68. The van der Waals surface area contributed by atoms with Gasteiger partial charge < -0.3 is 14.6 Å². The van der Waals surface area contributed by atoms with Crippen LogP contribution in [0.15, 0.2) is 6.07 Å². The van der Waals surface area contributed by atoms with Crippen molar-refractivity contribution in [2.75, 3.05) is 14.2 Å². The molecule has 24 heavy (non-hydrogen) atoms. The molecule has 2 bridgehead atoms. The van der Waals surface area contributed by atoms with Crippen molar-refractivity contribution in [3.8, 4) is 11.5 Å². The highest BCUT2D eigenvalue weighted by molar-refractivity contribution is 5.84. The van der Waals surface area contributed by atoms with Gasteiger partial charge in [0.25, 0.3) is 0 Å². The molecule has 3 aliphatic rings. The summed E-state index contributed by atoms with van der Waals surface area (Å²) in [6.07, 6.45) is 7.96. The van der Waals surface area contributed by atoms with E-state index in [1.54, 1.807) is 14.2 Å². The van der Waals surface area contributed by atoms with Gasteiger partial charge in [0.05, 0.1) is 19.6 Å². The van der Waals surface area contributed by atoms with E-state index < -0.39 is 11.4 Å². The molecule has 130 valence electrons. The summed E-state index contributed by atoms with van der Waals surface area (Å²) >= 11 is 0. The molecule has 2 fully saturated rings. The molecule has 0 heterocycles. The van der Waals surface area contributed by atoms with Gasteiger partial charge in [-0.1, -0.05) is 19.3 Å². The Hall–Kier alpha value is -1.71. The van der Waals surface area contributed by atoms with Gasteiger partial charge in [0.1, 0.15) is 11.5 Å². The van der Waals surface area contributed by atoms with E-state index in [0.29, 0.717) is 24.7 Å². The summed E-state index contributed by atoms with van der Waals surface area (Å²) in [7, 11) is 3.39. The normalized spacial score (nSPS) is 26.9. The molecular weight excluding hydrogens is 304 g/mol. The first-order chi connectivity index (χ1) is 11.6. The zero-order chi connectivity index (χ0) is 16.9. The van der Waals surface area contributed by atoms with Crippen LogP contribution in [0.25, 0.3) is 0 Å². The summed E-state index contributed by atoms with van der Waals surface area (Å²) < 4.78 is 11.6. The van der Waals surface area contributed by atoms with Crippen molar-refractivity contribution >= 4 is 5.97 Å². The fourth-order valence-corrected chi connectivity index (χ4v) is 5.50. The first-order valence-electron chi connectivity index (χ1n) is 9.15. The first kappa shape index (κ1) is 15.8. The van der Waals surface area contributed by atoms with Gasteiger partial charge in [-0.3, -0.25) is 4.79 Å². The third-order valence-electron chi connectivity index (χ3n) is 6.63. The molecule has 4 heteroatoms. The standard InChI is InChI=1S/C20H26O4/c1-23-15-11-14(20(19(21)22)8-4-3-5-9-20)18(24-2)17-13-7-6-12(10-13)16(15)17/h11-13H,3-10H2,1-2H3,(H,21,22). The number of carboxylic acid groups (broad SMARTS) is 1. The van der Waals surface area contributed by atoms with Crippen molar-refractivity contribution in [2.45, 2.75) is 68.6 Å². The average molecular weight is 330 g/mol. The number of ether oxygens (including phenoxy) is 2. The van der Waals surface area contributed by atoms with E-state index in [0.717, 1.165) is 42.7 Å². The lowest BCUT2D eigenvalue weighted by Gasteiger charge is -2.36. The summed E-state index contributed by atoms with van der Waals surface area (Å²) in [5.41, 5.74) is 2.55. The number of rotatable bonds is 4. The van der Waals surface area contributed by atoms with E-state index in [1.807, 2.05) is 6.07 Å². The lowest BCUT2D eigenvalue weighted by atomic mass is 9.68. The Morgan fingerprint density at radius 2 is 1.75 bits per heavy atom. The Labute approximate surface area is 143 Å². The van der Waals surface area contributed by atoms with Gasteiger partial charge in [-0.15, -0.1) is 0 Å². The van der Waals surface area contributed by atoms with E-state index in [2.05, 4.69) is 0 Å². The van der Waals surface area contributed by atoms with Crippen LogP contribution in [0.1, 0.15) is 79.9 Å². The summed E-state index contributed by atoms with van der Waals surface area (Å²) in [5, 5.41) is 10.1. The molecule has 1 aromatic rings. The predicted octanol–water partition coefficient (Wildman–Crippen LogP) is 4.36. The molecule has 1 aromatic carbocycles. The van der Waals surface area contributed by atoms with E-state index in [1.165, 1.54) is 24.0 Å². The number of hydrogen-bond donors (Lipinski definition) is 1. The number of fused-ring (bicyclic) bond motifs is 5. The molecule has 4 nitrogen and oxygen atoms in total. The number of hydrogen-bond acceptors (Lipinski definition) is 3. The van der Waals surface area contributed by atoms with Gasteiger partial charge >= 0.3 is 5.97 Å². The van der Waals surface area contributed by atoms with Crippen LogP contribution in [-0.2, 0) is 10.2 Å². The van der Waals surface area contributed by atoms with E-state index in [4.69, 9.17) is 9.47 Å². The van der Waals surface area contributed by atoms with Gasteiger partial charge in [-0.25, -0.2) is 0 Å². The summed E-state index contributed by atoms with van der Waals surface area (Å²) in [5.74, 6) is 2.05. The van der Waals surface area contributed by atoms with Gasteiger partial charge in [-0.2, -0.15) is 0 Å². The van der Waals surface area contributed by atoms with Crippen molar-refractivity contribution in [2.24, 2.45) is 0 Å². The van der Waals surface area contributed by atoms with E-state index in [9.17, 15) is 9.90 Å². The Balaban J connectivity index is 1.96. The molecule has 4 rings (SSSR count). The number of carbonyl (C=O) groups is 1. The Kier molecular flexibility index (Phi) is 3.74. The quantitative estimate of drug-likeness (QED) is 0.891. The number of carboxylic acids is 1. The van der Waals surface area contributed by atoms with Crippen LogP contribution in [0, 0.1) is 0 Å². The SMILES string of the molecule is COc1cc(C2(C(=O)O)CCCCC2)c(OC)c2c1C1CCC2C1. The van der Waals surface area contributed by atoms with Crippen LogP contribution in [-0.4, -0.2) is 25.3 Å². The largest absolute Gasteiger partial charge is 0.496 e. The zero-order valence-corrected chi connectivity index (χ0v) is 14.6. The molecule has 1 N–H and O–H groups in total.